The van der Waals surface area contributed by atoms with E-state index in [0.29, 0.717) is 25.2 Å². The zero-order valence-corrected chi connectivity index (χ0v) is 14.2. The van der Waals surface area contributed by atoms with Gasteiger partial charge in [-0.15, -0.1) is 0 Å². The molecule has 7 heteroatoms. The van der Waals surface area contributed by atoms with E-state index in [4.69, 9.17) is 11.6 Å². The lowest BCUT2D eigenvalue weighted by atomic mass is 9.90. The standard InChI is InChI=1S/C17H18ClF2N3O/c1-17(2)9-23(8-14(17)24)7-10-3-13(20)16(22-5-10)11-6-21-15(18)4-12(11)19/h3-6,14,24H,7-9H2,1-2H3. The molecule has 0 spiro atoms. The van der Waals surface area contributed by atoms with Crippen molar-refractivity contribution in [1.82, 2.24) is 14.9 Å². The molecule has 3 heterocycles. The van der Waals surface area contributed by atoms with Gasteiger partial charge in [-0.2, -0.15) is 0 Å². The summed E-state index contributed by atoms with van der Waals surface area (Å²) >= 11 is 5.61. The van der Waals surface area contributed by atoms with Crippen LogP contribution in [0.5, 0.6) is 0 Å². The summed E-state index contributed by atoms with van der Waals surface area (Å²) in [5.41, 5.74) is 0.358. The van der Waals surface area contributed by atoms with Gasteiger partial charge in [0.1, 0.15) is 22.5 Å². The van der Waals surface area contributed by atoms with Crippen LogP contribution >= 0.6 is 11.6 Å². The first-order valence-electron chi connectivity index (χ1n) is 7.62. The monoisotopic (exact) mass is 353 g/mol. The Morgan fingerprint density at radius 2 is 2.00 bits per heavy atom. The zero-order chi connectivity index (χ0) is 17.5. The summed E-state index contributed by atoms with van der Waals surface area (Å²) in [6.07, 6.45) is 2.27. The van der Waals surface area contributed by atoms with Crippen LogP contribution in [0.15, 0.2) is 24.5 Å². The van der Waals surface area contributed by atoms with Gasteiger partial charge in [-0.1, -0.05) is 25.4 Å². The number of aliphatic hydroxyl groups is 1. The van der Waals surface area contributed by atoms with Crippen LogP contribution in [0.2, 0.25) is 5.15 Å². The van der Waals surface area contributed by atoms with Crippen LogP contribution in [0.4, 0.5) is 8.78 Å². The maximum Gasteiger partial charge on any atom is 0.149 e. The molecule has 0 aromatic carbocycles. The molecule has 24 heavy (non-hydrogen) atoms. The number of aliphatic hydroxyl groups excluding tert-OH is 1. The minimum absolute atomic E-state index is 0.00323. The zero-order valence-electron chi connectivity index (χ0n) is 13.4. The molecule has 1 fully saturated rings. The van der Waals surface area contributed by atoms with Gasteiger partial charge in [0.15, 0.2) is 0 Å². The minimum Gasteiger partial charge on any atom is -0.391 e. The summed E-state index contributed by atoms with van der Waals surface area (Å²) in [7, 11) is 0. The van der Waals surface area contributed by atoms with Crippen LogP contribution in [-0.4, -0.2) is 39.2 Å². The van der Waals surface area contributed by atoms with Crippen molar-refractivity contribution in [2.75, 3.05) is 13.1 Å². The molecule has 0 aliphatic carbocycles. The van der Waals surface area contributed by atoms with Crippen molar-refractivity contribution in [2.24, 2.45) is 5.41 Å². The number of hydrogen-bond acceptors (Lipinski definition) is 4. The van der Waals surface area contributed by atoms with Gasteiger partial charge in [0.25, 0.3) is 0 Å². The first-order chi connectivity index (χ1) is 11.3. The molecule has 128 valence electrons. The molecule has 1 aliphatic heterocycles. The van der Waals surface area contributed by atoms with Crippen LogP contribution in [0, 0.1) is 17.0 Å². The second-order valence-corrected chi connectivity index (χ2v) is 7.22. The van der Waals surface area contributed by atoms with E-state index in [1.807, 2.05) is 18.7 Å². The van der Waals surface area contributed by atoms with E-state index in [-0.39, 0.29) is 21.8 Å². The van der Waals surface area contributed by atoms with Crippen LogP contribution in [0.25, 0.3) is 11.3 Å². The molecule has 1 aliphatic rings. The summed E-state index contributed by atoms with van der Waals surface area (Å²) < 4.78 is 28.3. The maximum absolute atomic E-state index is 14.4. The van der Waals surface area contributed by atoms with Crippen molar-refractivity contribution in [3.05, 3.63) is 46.9 Å². The summed E-state index contributed by atoms with van der Waals surface area (Å²) in [6.45, 7) is 5.72. The van der Waals surface area contributed by atoms with E-state index in [0.717, 1.165) is 6.07 Å². The predicted molar refractivity (Wildman–Crippen MR) is 87.5 cm³/mol. The molecular weight excluding hydrogens is 336 g/mol. The van der Waals surface area contributed by atoms with E-state index in [9.17, 15) is 13.9 Å². The van der Waals surface area contributed by atoms with E-state index in [2.05, 4.69) is 9.97 Å². The summed E-state index contributed by atoms with van der Waals surface area (Å²) in [4.78, 5) is 9.87. The SMILES string of the molecule is CC1(C)CN(Cc2cnc(-c3cnc(Cl)cc3F)c(F)c2)CC1O. The van der Waals surface area contributed by atoms with E-state index >= 15 is 0 Å². The van der Waals surface area contributed by atoms with Gasteiger partial charge in [0, 0.05) is 43.5 Å². The van der Waals surface area contributed by atoms with Crippen molar-refractivity contribution < 1.29 is 13.9 Å². The fraction of sp³-hybridized carbons (Fsp3) is 0.412. The van der Waals surface area contributed by atoms with E-state index in [1.54, 1.807) is 0 Å². The summed E-state index contributed by atoms with van der Waals surface area (Å²) in [6, 6.07) is 2.37. The molecule has 4 nitrogen and oxygen atoms in total. The highest BCUT2D eigenvalue weighted by molar-refractivity contribution is 6.29. The fourth-order valence-electron chi connectivity index (χ4n) is 2.96. The highest BCUT2D eigenvalue weighted by Crippen LogP contribution is 2.31. The third-order valence-electron chi connectivity index (χ3n) is 4.34. The number of nitrogens with zero attached hydrogens (tertiary/aromatic N) is 3. The number of halogens is 3. The molecule has 1 atom stereocenters. The van der Waals surface area contributed by atoms with Crippen LogP contribution < -0.4 is 0 Å². The Kier molecular flexibility index (Phi) is 4.55. The van der Waals surface area contributed by atoms with Gasteiger partial charge in [0.2, 0.25) is 0 Å². The van der Waals surface area contributed by atoms with Crippen LogP contribution in [-0.2, 0) is 6.54 Å². The van der Waals surface area contributed by atoms with Crippen LogP contribution in [0.3, 0.4) is 0 Å². The van der Waals surface area contributed by atoms with Gasteiger partial charge in [-0.25, -0.2) is 13.8 Å². The molecular formula is C17H18ClF2N3O. The van der Waals surface area contributed by atoms with Crippen molar-refractivity contribution in [2.45, 2.75) is 26.5 Å². The normalized spacial score (nSPS) is 20.5. The first-order valence-corrected chi connectivity index (χ1v) is 8.00. The molecule has 2 aromatic heterocycles. The lowest BCUT2D eigenvalue weighted by Gasteiger charge is -2.21. The van der Waals surface area contributed by atoms with E-state index < -0.39 is 17.7 Å². The topological polar surface area (TPSA) is 49.2 Å². The van der Waals surface area contributed by atoms with Crippen molar-refractivity contribution in [3.63, 3.8) is 0 Å². The lowest BCUT2D eigenvalue weighted by Crippen LogP contribution is -2.26. The Morgan fingerprint density at radius 1 is 1.25 bits per heavy atom. The van der Waals surface area contributed by atoms with Crippen molar-refractivity contribution in [1.29, 1.82) is 0 Å². The first kappa shape index (κ1) is 17.2. The highest BCUT2D eigenvalue weighted by Gasteiger charge is 2.37. The average molecular weight is 354 g/mol. The molecule has 0 saturated carbocycles. The van der Waals surface area contributed by atoms with E-state index in [1.165, 1.54) is 18.5 Å². The second-order valence-electron chi connectivity index (χ2n) is 6.83. The number of rotatable bonds is 3. The van der Waals surface area contributed by atoms with Gasteiger partial charge < -0.3 is 5.11 Å². The molecule has 2 aromatic rings. The molecule has 0 bridgehead atoms. The highest BCUT2D eigenvalue weighted by atomic mass is 35.5. The Labute approximate surface area is 144 Å². The number of pyridine rings is 2. The van der Waals surface area contributed by atoms with Gasteiger partial charge in [-0.05, 0) is 11.6 Å². The smallest absolute Gasteiger partial charge is 0.149 e. The molecule has 3 rings (SSSR count). The maximum atomic E-state index is 14.4. The third-order valence-corrected chi connectivity index (χ3v) is 4.55. The molecule has 1 saturated heterocycles. The Bertz CT molecular complexity index is 769. The number of hydrogen-bond donors (Lipinski definition) is 1. The largest absolute Gasteiger partial charge is 0.391 e. The summed E-state index contributed by atoms with van der Waals surface area (Å²) in [5.74, 6) is -1.28. The van der Waals surface area contributed by atoms with Crippen LogP contribution in [0.1, 0.15) is 19.4 Å². The second kappa shape index (κ2) is 6.35. The Balaban J connectivity index is 1.80. The predicted octanol–water partition coefficient (Wildman–Crippen LogP) is 3.28. The summed E-state index contributed by atoms with van der Waals surface area (Å²) in [5, 5.41) is 10.0. The van der Waals surface area contributed by atoms with Crippen molar-refractivity contribution >= 4 is 11.6 Å². The van der Waals surface area contributed by atoms with Gasteiger partial charge in [0.05, 0.1) is 11.7 Å². The Hall–Kier alpha value is -1.63. The third kappa shape index (κ3) is 3.41. The molecule has 0 amide bonds. The van der Waals surface area contributed by atoms with Gasteiger partial charge >= 0.3 is 0 Å². The number of β-amino-alcohol motifs (C(OH)–C–C–N with tert-alkyl or cyclic N) is 1. The minimum atomic E-state index is -0.668. The fourth-order valence-corrected chi connectivity index (χ4v) is 3.11. The average Bonchev–Trinajstić information content (AvgIpc) is 2.73. The Morgan fingerprint density at radius 3 is 2.58 bits per heavy atom. The van der Waals surface area contributed by atoms with Gasteiger partial charge in [-0.3, -0.25) is 9.88 Å². The van der Waals surface area contributed by atoms with Crippen molar-refractivity contribution in [3.8, 4) is 11.3 Å². The quantitative estimate of drug-likeness (QED) is 0.860. The molecule has 0 radical (unpaired) electrons. The lowest BCUT2D eigenvalue weighted by molar-refractivity contribution is 0.0954. The molecule has 1 unspecified atom stereocenters. The molecule has 1 N–H and O–H groups in total. The number of aromatic nitrogens is 2. The number of likely N-dealkylation sites (tertiary alicyclic amines) is 1.